The van der Waals surface area contributed by atoms with Crippen molar-refractivity contribution in [1.82, 2.24) is 10.3 Å². The summed E-state index contributed by atoms with van der Waals surface area (Å²) in [7, 11) is 0. The number of pyridine rings is 1. The van der Waals surface area contributed by atoms with Gasteiger partial charge < -0.3 is 5.32 Å². The van der Waals surface area contributed by atoms with E-state index in [1.807, 2.05) is 26.8 Å². The van der Waals surface area contributed by atoms with Crippen molar-refractivity contribution >= 4 is 0 Å². The van der Waals surface area contributed by atoms with Crippen molar-refractivity contribution in [3.8, 4) is 0 Å². The Balaban J connectivity index is 2.54. The molecule has 1 aromatic carbocycles. The van der Waals surface area contributed by atoms with Gasteiger partial charge in [-0.25, -0.2) is 8.78 Å². The molecule has 1 heterocycles. The Bertz CT molecular complexity index is 603. The minimum atomic E-state index is -0.506. The number of halogens is 2. The molecule has 2 nitrogen and oxygen atoms in total. The number of rotatable bonds is 5. The maximum Gasteiger partial charge on any atom is 0.146 e. The van der Waals surface area contributed by atoms with Crippen LogP contribution in [0.15, 0.2) is 30.6 Å². The fourth-order valence-corrected chi connectivity index (χ4v) is 2.57. The quantitative estimate of drug-likeness (QED) is 0.898. The minimum absolute atomic E-state index is 0.308. The smallest absolute Gasteiger partial charge is 0.146 e. The SMILES string of the molecule is CCCNC(c1ccncc1F)c1c(C)cc(C)cc1F. The van der Waals surface area contributed by atoms with E-state index in [0.29, 0.717) is 17.7 Å². The standard InChI is InChI=1S/C17H20F2N2/c1-4-6-21-17(13-5-7-20-10-15(13)19)16-12(3)8-11(2)9-14(16)18/h5,7-10,17,21H,4,6H2,1-3H3. The highest BCUT2D eigenvalue weighted by atomic mass is 19.1. The van der Waals surface area contributed by atoms with Gasteiger partial charge >= 0.3 is 0 Å². The molecule has 0 aliphatic carbocycles. The second kappa shape index (κ2) is 6.76. The van der Waals surface area contributed by atoms with E-state index in [1.54, 1.807) is 6.07 Å². The fraction of sp³-hybridized carbons (Fsp3) is 0.353. The van der Waals surface area contributed by atoms with Crippen molar-refractivity contribution in [3.63, 3.8) is 0 Å². The second-order valence-electron chi connectivity index (χ2n) is 5.26. The van der Waals surface area contributed by atoms with Gasteiger partial charge in [-0.3, -0.25) is 4.98 Å². The summed E-state index contributed by atoms with van der Waals surface area (Å²) in [4.78, 5) is 3.76. The van der Waals surface area contributed by atoms with E-state index in [9.17, 15) is 8.78 Å². The van der Waals surface area contributed by atoms with Gasteiger partial charge in [-0.05, 0) is 50.1 Å². The summed E-state index contributed by atoms with van der Waals surface area (Å²) in [6.07, 6.45) is 3.58. The van der Waals surface area contributed by atoms with E-state index < -0.39 is 11.9 Å². The van der Waals surface area contributed by atoms with Gasteiger partial charge in [0.1, 0.15) is 11.6 Å². The van der Waals surface area contributed by atoms with Gasteiger partial charge in [0.15, 0.2) is 0 Å². The number of hydrogen-bond donors (Lipinski definition) is 1. The molecule has 2 rings (SSSR count). The van der Waals surface area contributed by atoms with Crippen LogP contribution in [0.5, 0.6) is 0 Å². The van der Waals surface area contributed by atoms with Crippen molar-refractivity contribution in [2.45, 2.75) is 33.2 Å². The summed E-state index contributed by atoms with van der Waals surface area (Å²) in [5.74, 6) is -0.734. The maximum atomic E-state index is 14.4. The van der Waals surface area contributed by atoms with Crippen LogP contribution in [0.4, 0.5) is 8.78 Å². The van der Waals surface area contributed by atoms with Crippen LogP contribution in [-0.2, 0) is 0 Å². The Labute approximate surface area is 124 Å². The minimum Gasteiger partial charge on any atom is -0.306 e. The molecule has 0 radical (unpaired) electrons. The highest BCUT2D eigenvalue weighted by Crippen LogP contribution is 2.29. The monoisotopic (exact) mass is 290 g/mol. The number of hydrogen-bond acceptors (Lipinski definition) is 2. The highest BCUT2D eigenvalue weighted by molar-refractivity contribution is 5.40. The third kappa shape index (κ3) is 3.45. The molecule has 112 valence electrons. The van der Waals surface area contributed by atoms with Crippen LogP contribution in [0.2, 0.25) is 0 Å². The van der Waals surface area contributed by atoms with E-state index >= 15 is 0 Å². The van der Waals surface area contributed by atoms with E-state index in [0.717, 1.165) is 23.7 Å². The van der Waals surface area contributed by atoms with Gasteiger partial charge in [-0.2, -0.15) is 0 Å². The Kier molecular flexibility index (Phi) is 5.02. The van der Waals surface area contributed by atoms with E-state index in [-0.39, 0.29) is 5.82 Å². The molecule has 1 atom stereocenters. The van der Waals surface area contributed by atoms with E-state index in [4.69, 9.17) is 0 Å². The van der Waals surface area contributed by atoms with Crippen LogP contribution < -0.4 is 5.32 Å². The fourth-order valence-electron chi connectivity index (χ4n) is 2.57. The first-order chi connectivity index (χ1) is 10.0. The third-order valence-corrected chi connectivity index (χ3v) is 3.48. The van der Waals surface area contributed by atoms with Gasteiger partial charge in [0, 0.05) is 17.3 Å². The molecule has 0 aliphatic heterocycles. The first-order valence-electron chi connectivity index (χ1n) is 7.14. The molecule has 0 bridgehead atoms. The van der Waals surface area contributed by atoms with Gasteiger partial charge in [-0.15, -0.1) is 0 Å². The maximum absolute atomic E-state index is 14.4. The van der Waals surface area contributed by atoms with Crippen LogP contribution >= 0.6 is 0 Å². The predicted molar refractivity (Wildman–Crippen MR) is 80.2 cm³/mol. The Morgan fingerprint density at radius 1 is 1.19 bits per heavy atom. The molecule has 0 aliphatic rings. The lowest BCUT2D eigenvalue weighted by Gasteiger charge is -2.22. The summed E-state index contributed by atoms with van der Waals surface area (Å²) >= 11 is 0. The Morgan fingerprint density at radius 3 is 2.57 bits per heavy atom. The van der Waals surface area contributed by atoms with Gasteiger partial charge in [-0.1, -0.05) is 13.0 Å². The molecule has 2 aromatic rings. The van der Waals surface area contributed by atoms with Crippen LogP contribution in [0.1, 0.15) is 41.6 Å². The summed E-state index contributed by atoms with van der Waals surface area (Å²) < 4.78 is 28.5. The molecular weight excluding hydrogens is 270 g/mol. The number of aryl methyl sites for hydroxylation is 2. The first-order valence-corrected chi connectivity index (χ1v) is 7.14. The Hall–Kier alpha value is -1.81. The number of benzene rings is 1. The molecule has 0 spiro atoms. The molecule has 1 aromatic heterocycles. The molecule has 0 saturated carbocycles. The molecule has 4 heteroatoms. The van der Waals surface area contributed by atoms with Crippen LogP contribution in [0, 0.1) is 25.5 Å². The molecule has 21 heavy (non-hydrogen) atoms. The summed E-state index contributed by atoms with van der Waals surface area (Å²) in [6.45, 7) is 6.40. The zero-order valence-corrected chi connectivity index (χ0v) is 12.6. The number of nitrogens with zero attached hydrogens (tertiary/aromatic N) is 1. The van der Waals surface area contributed by atoms with Crippen LogP contribution in [0.3, 0.4) is 0 Å². The zero-order chi connectivity index (χ0) is 15.4. The van der Waals surface area contributed by atoms with E-state index in [1.165, 1.54) is 12.3 Å². The first kappa shape index (κ1) is 15.6. The summed E-state index contributed by atoms with van der Waals surface area (Å²) in [6, 6.07) is 4.50. The average Bonchev–Trinajstić information content (AvgIpc) is 2.42. The summed E-state index contributed by atoms with van der Waals surface area (Å²) in [5.41, 5.74) is 2.60. The molecule has 1 N–H and O–H groups in total. The van der Waals surface area contributed by atoms with E-state index in [2.05, 4.69) is 10.3 Å². The second-order valence-corrected chi connectivity index (χ2v) is 5.26. The van der Waals surface area contributed by atoms with Crippen molar-refractivity contribution in [1.29, 1.82) is 0 Å². The van der Waals surface area contributed by atoms with Gasteiger partial charge in [0.25, 0.3) is 0 Å². The lowest BCUT2D eigenvalue weighted by molar-refractivity contribution is 0.516. The lowest BCUT2D eigenvalue weighted by Crippen LogP contribution is -2.26. The largest absolute Gasteiger partial charge is 0.306 e. The molecule has 0 saturated heterocycles. The number of nitrogens with one attached hydrogen (secondary N) is 1. The van der Waals surface area contributed by atoms with Crippen LogP contribution in [-0.4, -0.2) is 11.5 Å². The lowest BCUT2D eigenvalue weighted by atomic mass is 9.93. The van der Waals surface area contributed by atoms with Gasteiger partial charge in [0.2, 0.25) is 0 Å². The molecule has 1 unspecified atom stereocenters. The van der Waals surface area contributed by atoms with Crippen LogP contribution in [0.25, 0.3) is 0 Å². The third-order valence-electron chi connectivity index (χ3n) is 3.48. The molecule has 0 amide bonds. The normalized spacial score (nSPS) is 12.4. The molecule has 0 fully saturated rings. The van der Waals surface area contributed by atoms with Crippen molar-refractivity contribution < 1.29 is 8.78 Å². The predicted octanol–water partition coefficient (Wildman–Crippen LogP) is 4.07. The van der Waals surface area contributed by atoms with Crippen molar-refractivity contribution in [2.75, 3.05) is 6.54 Å². The Morgan fingerprint density at radius 2 is 1.95 bits per heavy atom. The average molecular weight is 290 g/mol. The van der Waals surface area contributed by atoms with Crippen molar-refractivity contribution in [3.05, 3.63) is 64.5 Å². The van der Waals surface area contributed by atoms with Crippen molar-refractivity contribution in [2.24, 2.45) is 0 Å². The highest BCUT2D eigenvalue weighted by Gasteiger charge is 2.22. The van der Waals surface area contributed by atoms with Gasteiger partial charge in [0.05, 0.1) is 12.2 Å². The topological polar surface area (TPSA) is 24.9 Å². The molecular formula is C17H20F2N2. The zero-order valence-electron chi connectivity index (χ0n) is 12.6. The summed E-state index contributed by atoms with van der Waals surface area (Å²) in [5, 5.41) is 3.24. The number of aromatic nitrogens is 1.